The molecule has 0 bridgehead atoms. The Hall–Kier alpha value is -0.430. The molecule has 1 heterocycles. The second-order valence-corrected chi connectivity index (χ2v) is 8.63. The number of rotatable bonds is 5. The quantitative estimate of drug-likeness (QED) is 0.861. The van der Waals surface area contributed by atoms with Crippen LogP contribution in [0.25, 0.3) is 0 Å². The monoisotopic (exact) mass is 374 g/mol. The van der Waals surface area contributed by atoms with Crippen LogP contribution in [0.2, 0.25) is 0 Å². The van der Waals surface area contributed by atoms with Gasteiger partial charge in [0.2, 0.25) is 10.0 Å². The van der Waals surface area contributed by atoms with Gasteiger partial charge in [0.15, 0.2) is 0 Å². The number of sulfonamides is 1. The van der Waals surface area contributed by atoms with E-state index in [2.05, 4.69) is 21.2 Å². The molecule has 1 saturated heterocycles. The normalized spacial score (nSPS) is 17.6. The third-order valence-corrected chi connectivity index (χ3v) is 6.41. The minimum atomic E-state index is -3.44. The van der Waals surface area contributed by atoms with Crippen LogP contribution in [-0.4, -0.2) is 38.4 Å². The lowest BCUT2D eigenvalue weighted by Crippen LogP contribution is -2.42. The molecule has 1 aromatic rings. The van der Waals surface area contributed by atoms with Gasteiger partial charge in [0.05, 0.1) is 4.90 Å². The minimum Gasteiger partial charge on any atom is -0.317 e. The molecule has 0 radical (unpaired) electrons. The predicted octanol–water partition coefficient (Wildman–Crippen LogP) is 2.85. The standard InChI is InChI=1S/C15H23BrN2O2S/c1-12(2)18(11-13-6-8-17-9-7-13)21(19,20)15-5-3-4-14(16)10-15/h3-5,10,12-13,17H,6-9,11H2,1-2H3. The maximum atomic E-state index is 12.9. The Bertz CT molecular complexity index is 569. The van der Waals surface area contributed by atoms with E-state index in [1.165, 1.54) is 0 Å². The van der Waals surface area contributed by atoms with Gasteiger partial charge in [0.25, 0.3) is 0 Å². The lowest BCUT2D eigenvalue weighted by Gasteiger charge is -2.32. The summed E-state index contributed by atoms with van der Waals surface area (Å²) in [6.45, 7) is 6.45. The highest BCUT2D eigenvalue weighted by Gasteiger charge is 2.30. The van der Waals surface area contributed by atoms with Gasteiger partial charge in [0, 0.05) is 17.1 Å². The van der Waals surface area contributed by atoms with Gasteiger partial charge in [-0.1, -0.05) is 22.0 Å². The summed E-state index contributed by atoms with van der Waals surface area (Å²) in [5.74, 6) is 0.440. The van der Waals surface area contributed by atoms with Crippen LogP contribution in [0.4, 0.5) is 0 Å². The van der Waals surface area contributed by atoms with Crippen molar-refractivity contribution < 1.29 is 8.42 Å². The van der Waals surface area contributed by atoms with Gasteiger partial charge in [-0.3, -0.25) is 0 Å². The molecule has 6 heteroatoms. The van der Waals surface area contributed by atoms with E-state index in [-0.39, 0.29) is 6.04 Å². The number of hydrogen-bond acceptors (Lipinski definition) is 3. The van der Waals surface area contributed by atoms with E-state index in [0.717, 1.165) is 30.4 Å². The third-order valence-electron chi connectivity index (χ3n) is 3.88. The summed E-state index contributed by atoms with van der Waals surface area (Å²) in [5.41, 5.74) is 0. The van der Waals surface area contributed by atoms with Crippen LogP contribution in [0.3, 0.4) is 0 Å². The van der Waals surface area contributed by atoms with Crippen molar-refractivity contribution in [1.82, 2.24) is 9.62 Å². The summed E-state index contributed by atoms with van der Waals surface area (Å²) < 4.78 is 28.2. The topological polar surface area (TPSA) is 49.4 Å². The molecule has 21 heavy (non-hydrogen) atoms. The summed E-state index contributed by atoms with van der Waals surface area (Å²) >= 11 is 3.35. The van der Waals surface area contributed by atoms with Crippen molar-refractivity contribution in [3.63, 3.8) is 0 Å². The minimum absolute atomic E-state index is 0.0381. The largest absolute Gasteiger partial charge is 0.317 e. The van der Waals surface area contributed by atoms with Gasteiger partial charge in [-0.25, -0.2) is 8.42 Å². The summed E-state index contributed by atoms with van der Waals surface area (Å²) in [6.07, 6.45) is 2.08. The average molecular weight is 375 g/mol. The highest BCUT2D eigenvalue weighted by atomic mass is 79.9. The van der Waals surface area contributed by atoms with Crippen LogP contribution in [0.1, 0.15) is 26.7 Å². The third kappa shape index (κ3) is 4.28. The molecule has 0 atom stereocenters. The average Bonchev–Trinajstić information content (AvgIpc) is 2.45. The second kappa shape index (κ2) is 7.22. The Morgan fingerprint density at radius 2 is 2.00 bits per heavy atom. The number of hydrogen-bond donors (Lipinski definition) is 1. The number of halogens is 1. The van der Waals surface area contributed by atoms with Crippen LogP contribution >= 0.6 is 15.9 Å². The molecule has 0 saturated carbocycles. The molecule has 0 aliphatic carbocycles. The summed E-state index contributed by atoms with van der Waals surface area (Å²) in [7, 11) is -3.44. The van der Waals surface area contributed by atoms with Gasteiger partial charge in [-0.15, -0.1) is 0 Å². The van der Waals surface area contributed by atoms with E-state index < -0.39 is 10.0 Å². The van der Waals surface area contributed by atoms with Crippen molar-refractivity contribution in [3.05, 3.63) is 28.7 Å². The Kier molecular flexibility index (Phi) is 5.82. The zero-order chi connectivity index (χ0) is 15.5. The lowest BCUT2D eigenvalue weighted by molar-refractivity contribution is 0.261. The fraction of sp³-hybridized carbons (Fsp3) is 0.600. The van der Waals surface area contributed by atoms with Crippen LogP contribution in [0.15, 0.2) is 33.6 Å². The molecular weight excluding hydrogens is 352 g/mol. The first kappa shape index (κ1) is 16.9. The van der Waals surface area contributed by atoms with Crippen molar-refractivity contribution in [1.29, 1.82) is 0 Å². The van der Waals surface area contributed by atoms with Gasteiger partial charge in [-0.05, 0) is 63.9 Å². The molecule has 2 rings (SSSR count). The zero-order valence-electron chi connectivity index (χ0n) is 12.5. The molecule has 1 aliphatic heterocycles. The first-order valence-corrected chi connectivity index (χ1v) is 9.62. The first-order valence-electron chi connectivity index (χ1n) is 7.39. The highest BCUT2D eigenvalue weighted by Crippen LogP contribution is 2.24. The summed E-state index contributed by atoms with van der Waals surface area (Å²) in [4.78, 5) is 0.361. The maximum Gasteiger partial charge on any atom is 0.243 e. The van der Waals surface area contributed by atoms with E-state index >= 15 is 0 Å². The molecule has 0 unspecified atom stereocenters. The number of nitrogens with one attached hydrogen (secondary N) is 1. The molecule has 118 valence electrons. The van der Waals surface area contributed by atoms with Gasteiger partial charge >= 0.3 is 0 Å². The fourth-order valence-electron chi connectivity index (χ4n) is 2.67. The number of nitrogens with zero attached hydrogens (tertiary/aromatic N) is 1. The van der Waals surface area contributed by atoms with Crippen LogP contribution in [0, 0.1) is 5.92 Å². The molecule has 1 fully saturated rings. The number of piperidine rings is 1. The molecule has 1 aromatic carbocycles. The van der Waals surface area contributed by atoms with Gasteiger partial charge < -0.3 is 5.32 Å². The second-order valence-electron chi connectivity index (χ2n) is 5.82. The molecule has 0 amide bonds. The van der Waals surface area contributed by atoms with Gasteiger partial charge in [0.1, 0.15) is 0 Å². The van der Waals surface area contributed by atoms with E-state index in [1.54, 1.807) is 22.5 Å². The number of benzene rings is 1. The molecule has 4 nitrogen and oxygen atoms in total. The van der Waals surface area contributed by atoms with E-state index in [1.807, 2.05) is 19.9 Å². The Labute approximate surface area is 136 Å². The molecule has 1 aliphatic rings. The predicted molar refractivity (Wildman–Crippen MR) is 88.8 cm³/mol. The van der Waals surface area contributed by atoms with Crippen LogP contribution in [0.5, 0.6) is 0 Å². The van der Waals surface area contributed by atoms with Crippen molar-refractivity contribution in [2.45, 2.75) is 37.6 Å². The molecule has 0 aromatic heterocycles. The Morgan fingerprint density at radius 3 is 2.57 bits per heavy atom. The van der Waals surface area contributed by atoms with Crippen LogP contribution in [-0.2, 0) is 10.0 Å². The van der Waals surface area contributed by atoms with Crippen molar-refractivity contribution in [3.8, 4) is 0 Å². The fourth-order valence-corrected chi connectivity index (χ4v) is 4.98. The summed E-state index contributed by atoms with van der Waals surface area (Å²) in [5, 5.41) is 3.32. The van der Waals surface area contributed by atoms with Crippen LogP contribution < -0.4 is 5.32 Å². The SMILES string of the molecule is CC(C)N(CC1CCNCC1)S(=O)(=O)c1cccc(Br)c1. The lowest BCUT2D eigenvalue weighted by atomic mass is 9.98. The molecule has 1 N–H and O–H groups in total. The van der Waals surface area contributed by atoms with E-state index in [9.17, 15) is 8.42 Å². The Balaban J connectivity index is 2.23. The Morgan fingerprint density at radius 1 is 1.33 bits per heavy atom. The zero-order valence-corrected chi connectivity index (χ0v) is 15.0. The molecular formula is C15H23BrN2O2S. The van der Waals surface area contributed by atoms with Crippen molar-refractivity contribution >= 4 is 26.0 Å². The molecule has 0 spiro atoms. The maximum absolute atomic E-state index is 12.9. The van der Waals surface area contributed by atoms with E-state index in [4.69, 9.17) is 0 Å². The van der Waals surface area contributed by atoms with E-state index in [0.29, 0.717) is 17.4 Å². The van der Waals surface area contributed by atoms with Crippen molar-refractivity contribution in [2.75, 3.05) is 19.6 Å². The van der Waals surface area contributed by atoms with Gasteiger partial charge in [-0.2, -0.15) is 4.31 Å². The smallest absolute Gasteiger partial charge is 0.243 e. The first-order chi connectivity index (χ1) is 9.91. The summed E-state index contributed by atoms with van der Waals surface area (Å²) in [6, 6.07) is 6.90. The highest BCUT2D eigenvalue weighted by molar-refractivity contribution is 9.10. The van der Waals surface area contributed by atoms with Crippen molar-refractivity contribution in [2.24, 2.45) is 5.92 Å².